The van der Waals surface area contributed by atoms with E-state index in [0.717, 1.165) is 25.9 Å². The number of carbonyl (C=O) groups is 1. The number of ether oxygens (including phenoxy) is 1. The van der Waals surface area contributed by atoms with Gasteiger partial charge in [0.2, 0.25) is 0 Å². The predicted molar refractivity (Wildman–Crippen MR) is 83.1 cm³/mol. The average Bonchev–Trinajstić information content (AvgIpc) is 2.43. The zero-order valence-corrected chi connectivity index (χ0v) is 14.0. The van der Waals surface area contributed by atoms with Crippen LogP contribution in [0, 0.1) is 11.7 Å². The number of halogens is 2. The molecule has 1 aliphatic heterocycles. The maximum absolute atomic E-state index is 13.9. The molecule has 4 nitrogen and oxygen atoms in total. The van der Waals surface area contributed by atoms with Gasteiger partial charge in [-0.3, -0.25) is 9.69 Å². The molecule has 0 atom stereocenters. The van der Waals surface area contributed by atoms with Crippen LogP contribution >= 0.6 is 11.6 Å². The van der Waals surface area contributed by atoms with Gasteiger partial charge in [0, 0.05) is 18.3 Å². The number of likely N-dealkylation sites (tertiary alicyclic amines) is 1. The van der Waals surface area contributed by atoms with Crippen LogP contribution in [0.4, 0.5) is 4.39 Å². The van der Waals surface area contributed by atoms with Gasteiger partial charge < -0.3 is 4.74 Å². The lowest BCUT2D eigenvalue weighted by Gasteiger charge is -2.32. The predicted octanol–water partition coefficient (Wildman–Crippen LogP) is 3.43. The number of esters is 1. The molecule has 2 rings (SSSR count). The quantitative estimate of drug-likeness (QED) is 0.630. The molecule has 22 heavy (non-hydrogen) atoms. The maximum atomic E-state index is 13.9. The van der Waals surface area contributed by atoms with Crippen LogP contribution in [0.5, 0.6) is 0 Å². The van der Waals surface area contributed by atoms with Crippen molar-refractivity contribution < 1.29 is 13.9 Å². The molecule has 2 heterocycles. The second-order valence-corrected chi connectivity index (χ2v) is 7.02. The Labute approximate surface area is 135 Å². The van der Waals surface area contributed by atoms with E-state index in [0.29, 0.717) is 12.1 Å². The highest BCUT2D eigenvalue weighted by atomic mass is 35.5. The number of aromatic nitrogens is 1. The number of carbonyl (C=O) groups excluding carboxylic acids is 1. The Morgan fingerprint density at radius 3 is 2.68 bits per heavy atom. The molecule has 0 unspecified atom stereocenters. The van der Waals surface area contributed by atoms with E-state index < -0.39 is 11.4 Å². The van der Waals surface area contributed by atoms with Gasteiger partial charge in [0.05, 0.1) is 5.92 Å². The molecule has 0 aromatic carbocycles. The molecule has 0 spiro atoms. The van der Waals surface area contributed by atoms with E-state index in [-0.39, 0.29) is 17.0 Å². The van der Waals surface area contributed by atoms with E-state index >= 15 is 0 Å². The Hall–Kier alpha value is -1.20. The van der Waals surface area contributed by atoms with Gasteiger partial charge in [-0.1, -0.05) is 11.6 Å². The number of hydrogen-bond donors (Lipinski definition) is 0. The standard InChI is InChI=1S/C16H22ClFN2O2/c1-16(2,3)22-15(21)11-5-8-20(9-6-11)10-12-4-7-19-14(17)13(12)18/h4,7,11H,5-6,8-10H2,1-3H3. The van der Waals surface area contributed by atoms with Crippen LogP contribution in [0.2, 0.25) is 5.15 Å². The van der Waals surface area contributed by atoms with Crippen molar-refractivity contribution >= 4 is 17.6 Å². The summed E-state index contributed by atoms with van der Waals surface area (Å²) in [5.74, 6) is -0.662. The zero-order valence-electron chi connectivity index (χ0n) is 13.2. The summed E-state index contributed by atoms with van der Waals surface area (Å²) in [4.78, 5) is 17.9. The van der Waals surface area contributed by atoms with Gasteiger partial charge in [0.25, 0.3) is 0 Å². The van der Waals surface area contributed by atoms with E-state index in [2.05, 4.69) is 9.88 Å². The van der Waals surface area contributed by atoms with Gasteiger partial charge in [-0.2, -0.15) is 0 Å². The van der Waals surface area contributed by atoms with E-state index in [1.807, 2.05) is 20.8 Å². The molecule has 1 aromatic heterocycles. The molecule has 122 valence electrons. The molecule has 0 bridgehead atoms. The molecule has 1 fully saturated rings. The van der Waals surface area contributed by atoms with Gasteiger partial charge in [0.1, 0.15) is 5.60 Å². The van der Waals surface area contributed by atoms with Crippen molar-refractivity contribution in [2.24, 2.45) is 5.92 Å². The minimum atomic E-state index is -0.460. The van der Waals surface area contributed by atoms with Crippen LogP contribution in [0.15, 0.2) is 12.3 Å². The first-order chi connectivity index (χ1) is 10.3. The molecule has 0 aliphatic carbocycles. The Morgan fingerprint density at radius 1 is 1.45 bits per heavy atom. The summed E-state index contributed by atoms with van der Waals surface area (Å²) >= 11 is 5.69. The normalized spacial score (nSPS) is 17.5. The number of piperidine rings is 1. The molecular weight excluding hydrogens is 307 g/mol. The van der Waals surface area contributed by atoms with Crippen molar-refractivity contribution in [1.82, 2.24) is 9.88 Å². The molecule has 0 radical (unpaired) electrons. The summed E-state index contributed by atoms with van der Waals surface area (Å²) < 4.78 is 19.3. The summed E-state index contributed by atoms with van der Waals surface area (Å²) in [5.41, 5.74) is 0.0845. The first kappa shape index (κ1) is 17.2. The van der Waals surface area contributed by atoms with E-state index in [9.17, 15) is 9.18 Å². The van der Waals surface area contributed by atoms with Crippen molar-refractivity contribution in [3.63, 3.8) is 0 Å². The third-order valence-electron chi connectivity index (χ3n) is 3.65. The molecule has 0 saturated carbocycles. The topological polar surface area (TPSA) is 42.4 Å². The first-order valence-electron chi connectivity index (χ1n) is 7.50. The van der Waals surface area contributed by atoms with Gasteiger partial charge in [-0.05, 0) is 52.8 Å². The summed E-state index contributed by atoms with van der Waals surface area (Å²) in [5, 5.41) is -0.0962. The van der Waals surface area contributed by atoms with E-state index in [1.165, 1.54) is 6.20 Å². The number of pyridine rings is 1. The number of nitrogens with zero attached hydrogens (tertiary/aromatic N) is 2. The van der Waals surface area contributed by atoms with Crippen LogP contribution in [0.3, 0.4) is 0 Å². The second-order valence-electron chi connectivity index (χ2n) is 6.66. The second kappa shape index (κ2) is 6.92. The third-order valence-corrected chi connectivity index (χ3v) is 3.91. The van der Waals surface area contributed by atoms with Crippen molar-refractivity contribution in [2.75, 3.05) is 13.1 Å². The fraction of sp³-hybridized carbons (Fsp3) is 0.625. The Balaban J connectivity index is 1.87. The molecule has 1 aliphatic rings. The van der Waals surface area contributed by atoms with Crippen molar-refractivity contribution in [1.29, 1.82) is 0 Å². The Bertz CT molecular complexity index is 537. The fourth-order valence-corrected chi connectivity index (χ4v) is 2.71. The van der Waals surface area contributed by atoms with Crippen LogP contribution in [0.1, 0.15) is 39.2 Å². The SMILES string of the molecule is CC(C)(C)OC(=O)C1CCN(Cc2ccnc(Cl)c2F)CC1. The molecular formula is C16H22ClFN2O2. The van der Waals surface area contributed by atoms with E-state index in [4.69, 9.17) is 16.3 Å². The highest BCUT2D eigenvalue weighted by Gasteiger charge is 2.29. The smallest absolute Gasteiger partial charge is 0.309 e. The largest absolute Gasteiger partial charge is 0.460 e. The maximum Gasteiger partial charge on any atom is 0.309 e. The van der Waals surface area contributed by atoms with Gasteiger partial charge in [0.15, 0.2) is 11.0 Å². The molecule has 0 amide bonds. The summed E-state index contributed by atoms with van der Waals surface area (Å²) in [6, 6.07) is 1.64. The van der Waals surface area contributed by atoms with Crippen LogP contribution in [-0.2, 0) is 16.1 Å². The highest BCUT2D eigenvalue weighted by molar-refractivity contribution is 6.29. The Morgan fingerprint density at radius 2 is 2.09 bits per heavy atom. The van der Waals surface area contributed by atoms with Gasteiger partial charge >= 0.3 is 5.97 Å². The molecule has 6 heteroatoms. The first-order valence-corrected chi connectivity index (χ1v) is 7.88. The van der Waals surface area contributed by atoms with Crippen molar-refractivity contribution in [2.45, 2.75) is 45.8 Å². The minimum absolute atomic E-state index is 0.0682. The lowest BCUT2D eigenvalue weighted by molar-refractivity contribution is -0.161. The van der Waals surface area contributed by atoms with Crippen molar-refractivity contribution in [3.8, 4) is 0 Å². The Kier molecular flexibility index (Phi) is 5.40. The summed E-state index contributed by atoms with van der Waals surface area (Å²) in [6.45, 7) is 7.57. The van der Waals surface area contributed by atoms with Crippen LogP contribution < -0.4 is 0 Å². The number of rotatable bonds is 3. The van der Waals surface area contributed by atoms with Gasteiger partial charge in [-0.15, -0.1) is 0 Å². The van der Waals surface area contributed by atoms with E-state index in [1.54, 1.807) is 6.07 Å². The number of hydrogen-bond acceptors (Lipinski definition) is 4. The zero-order chi connectivity index (χ0) is 16.3. The monoisotopic (exact) mass is 328 g/mol. The van der Waals surface area contributed by atoms with Gasteiger partial charge in [-0.25, -0.2) is 9.37 Å². The lowest BCUT2D eigenvalue weighted by atomic mass is 9.96. The van der Waals surface area contributed by atoms with Crippen LogP contribution in [0.25, 0.3) is 0 Å². The van der Waals surface area contributed by atoms with Crippen molar-refractivity contribution in [3.05, 3.63) is 28.8 Å². The summed E-state index contributed by atoms with van der Waals surface area (Å²) in [7, 11) is 0. The average molecular weight is 329 g/mol. The minimum Gasteiger partial charge on any atom is -0.460 e. The lowest BCUT2D eigenvalue weighted by Crippen LogP contribution is -2.38. The third kappa shape index (κ3) is 4.65. The fourth-order valence-electron chi connectivity index (χ4n) is 2.53. The molecule has 1 saturated heterocycles. The van der Waals surface area contributed by atoms with Crippen LogP contribution in [-0.4, -0.2) is 34.5 Å². The molecule has 0 N–H and O–H groups in total. The molecule has 1 aromatic rings. The summed E-state index contributed by atoms with van der Waals surface area (Å²) in [6.07, 6.45) is 2.97. The highest BCUT2D eigenvalue weighted by Crippen LogP contribution is 2.24.